The number of aliphatic hydroxyl groups excluding tert-OH is 1. The molecule has 106 valence electrons. The first kappa shape index (κ1) is 13.2. The molecule has 0 aliphatic rings. The molecular formula is C14H10FN3O3. The van der Waals surface area contributed by atoms with E-state index in [2.05, 4.69) is 10.1 Å². The molecule has 21 heavy (non-hydrogen) atoms. The Bertz CT molecular complexity index is 845. The first-order valence-electron chi connectivity index (χ1n) is 6.08. The van der Waals surface area contributed by atoms with E-state index < -0.39 is 11.8 Å². The third kappa shape index (κ3) is 2.13. The van der Waals surface area contributed by atoms with Gasteiger partial charge in [0, 0.05) is 18.0 Å². The fourth-order valence-corrected chi connectivity index (χ4v) is 2.12. The molecule has 6 nitrogen and oxygen atoms in total. The molecule has 0 spiro atoms. The second kappa shape index (κ2) is 4.95. The number of aromatic nitrogens is 3. The molecule has 1 aromatic carbocycles. The lowest BCUT2D eigenvalue weighted by molar-refractivity contribution is 0.0699. The van der Waals surface area contributed by atoms with Crippen LogP contribution in [0.15, 0.2) is 36.7 Å². The smallest absolute Gasteiger partial charge is 0.341 e. The lowest BCUT2D eigenvalue weighted by Crippen LogP contribution is -2.00. The molecule has 0 unspecified atom stereocenters. The van der Waals surface area contributed by atoms with Crippen LogP contribution < -0.4 is 0 Å². The maximum absolute atomic E-state index is 14.0. The normalized spacial score (nSPS) is 11.0. The van der Waals surface area contributed by atoms with Crippen molar-refractivity contribution in [3.63, 3.8) is 0 Å². The van der Waals surface area contributed by atoms with Crippen molar-refractivity contribution in [1.29, 1.82) is 0 Å². The van der Waals surface area contributed by atoms with E-state index in [0.717, 1.165) is 0 Å². The quantitative estimate of drug-likeness (QED) is 0.766. The zero-order valence-corrected chi connectivity index (χ0v) is 10.7. The number of aliphatic hydroxyl groups is 1. The molecule has 3 aromatic rings. The number of aromatic carboxylic acids is 1. The zero-order valence-electron chi connectivity index (χ0n) is 10.7. The molecule has 0 amide bonds. The highest BCUT2D eigenvalue weighted by Crippen LogP contribution is 2.28. The Hall–Kier alpha value is -2.80. The van der Waals surface area contributed by atoms with Crippen LogP contribution in [0.5, 0.6) is 0 Å². The third-order valence-corrected chi connectivity index (χ3v) is 3.08. The van der Waals surface area contributed by atoms with Gasteiger partial charge in [0.1, 0.15) is 17.1 Å². The monoisotopic (exact) mass is 287 g/mol. The van der Waals surface area contributed by atoms with E-state index in [1.807, 2.05) is 0 Å². The van der Waals surface area contributed by atoms with Crippen LogP contribution in [-0.2, 0) is 6.61 Å². The molecule has 0 saturated carbocycles. The third-order valence-electron chi connectivity index (χ3n) is 3.08. The second-order valence-electron chi connectivity index (χ2n) is 4.39. The van der Waals surface area contributed by atoms with Crippen molar-refractivity contribution in [3.05, 3.63) is 53.6 Å². The molecule has 3 rings (SSSR count). The number of fused-ring (bicyclic) bond motifs is 1. The molecule has 0 aliphatic heterocycles. The fraction of sp³-hybridized carbons (Fsp3) is 0.0714. The van der Waals surface area contributed by atoms with E-state index in [0.29, 0.717) is 5.56 Å². The van der Waals surface area contributed by atoms with Gasteiger partial charge in [-0.1, -0.05) is 6.07 Å². The van der Waals surface area contributed by atoms with Crippen molar-refractivity contribution in [2.45, 2.75) is 6.61 Å². The number of benzene rings is 1. The minimum absolute atomic E-state index is 0.0180. The summed E-state index contributed by atoms with van der Waals surface area (Å²) in [7, 11) is 0. The lowest BCUT2D eigenvalue weighted by Gasteiger charge is -2.03. The highest BCUT2D eigenvalue weighted by molar-refractivity contribution is 6.01. The summed E-state index contributed by atoms with van der Waals surface area (Å²) in [5.74, 6) is -1.86. The molecule has 2 aromatic heterocycles. The number of carboxylic acid groups (broad SMARTS) is 1. The first-order valence-corrected chi connectivity index (χ1v) is 6.08. The number of rotatable bonds is 3. The molecule has 2 heterocycles. The number of hydrogen-bond acceptors (Lipinski definition) is 4. The molecule has 0 fully saturated rings. The van der Waals surface area contributed by atoms with Gasteiger partial charge in [0.2, 0.25) is 0 Å². The average Bonchev–Trinajstić information content (AvgIpc) is 2.87. The van der Waals surface area contributed by atoms with E-state index in [4.69, 9.17) is 5.11 Å². The predicted molar refractivity (Wildman–Crippen MR) is 71.3 cm³/mol. The van der Waals surface area contributed by atoms with Crippen molar-refractivity contribution >= 4 is 11.6 Å². The summed E-state index contributed by atoms with van der Waals surface area (Å²) in [6, 6.07) is 5.57. The molecule has 0 saturated heterocycles. The minimum atomic E-state index is -1.24. The van der Waals surface area contributed by atoms with Gasteiger partial charge in [0.25, 0.3) is 0 Å². The van der Waals surface area contributed by atoms with Crippen LogP contribution in [0.25, 0.3) is 16.9 Å². The van der Waals surface area contributed by atoms with Gasteiger partial charge in [-0.2, -0.15) is 5.10 Å². The van der Waals surface area contributed by atoms with Gasteiger partial charge < -0.3 is 10.2 Å². The van der Waals surface area contributed by atoms with Gasteiger partial charge in [-0.15, -0.1) is 0 Å². The Labute approximate surface area is 118 Å². The summed E-state index contributed by atoms with van der Waals surface area (Å²) in [5, 5.41) is 22.6. The topological polar surface area (TPSA) is 87.7 Å². The SMILES string of the molecule is O=C(O)c1c(-c2cc(CO)ccc2F)nn2cccnc12. The van der Waals surface area contributed by atoms with Crippen LogP contribution in [0, 0.1) is 5.82 Å². The average molecular weight is 287 g/mol. The van der Waals surface area contributed by atoms with Crippen LogP contribution in [0.4, 0.5) is 4.39 Å². The molecule has 0 bridgehead atoms. The van der Waals surface area contributed by atoms with Crippen molar-refractivity contribution in [3.8, 4) is 11.3 Å². The Balaban J connectivity index is 2.34. The van der Waals surface area contributed by atoms with Crippen LogP contribution in [0.2, 0.25) is 0 Å². The van der Waals surface area contributed by atoms with Crippen LogP contribution in [-0.4, -0.2) is 30.8 Å². The highest BCUT2D eigenvalue weighted by Gasteiger charge is 2.23. The summed E-state index contributed by atoms with van der Waals surface area (Å²) in [6.45, 7) is -0.276. The number of carboxylic acids is 1. The van der Waals surface area contributed by atoms with Crippen molar-refractivity contribution in [2.75, 3.05) is 0 Å². The summed E-state index contributed by atoms with van der Waals surface area (Å²) < 4.78 is 15.3. The Morgan fingerprint density at radius 2 is 2.19 bits per heavy atom. The van der Waals surface area contributed by atoms with Crippen molar-refractivity contribution in [2.24, 2.45) is 0 Å². The maximum atomic E-state index is 14.0. The molecule has 0 radical (unpaired) electrons. The number of halogens is 1. The summed E-state index contributed by atoms with van der Waals surface area (Å²) >= 11 is 0. The van der Waals surface area contributed by atoms with Crippen molar-refractivity contribution < 1.29 is 19.4 Å². The maximum Gasteiger partial charge on any atom is 0.341 e. The van der Waals surface area contributed by atoms with Gasteiger partial charge >= 0.3 is 5.97 Å². The van der Waals surface area contributed by atoms with E-state index in [1.165, 1.54) is 35.1 Å². The molecule has 7 heteroatoms. The number of nitrogens with zero attached hydrogens (tertiary/aromatic N) is 3. The molecule has 2 N–H and O–H groups in total. The van der Waals surface area contributed by atoms with Crippen LogP contribution >= 0.6 is 0 Å². The zero-order chi connectivity index (χ0) is 15.0. The number of hydrogen-bond donors (Lipinski definition) is 2. The molecular weight excluding hydrogens is 277 g/mol. The minimum Gasteiger partial charge on any atom is -0.477 e. The summed E-state index contributed by atoms with van der Waals surface area (Å²) in [6.07, 6.45) is 2.97. The Morgan fingerprint density at radius 3 is 2.90 bits per heavy atom. The summed E-state index contributed by atoms with van der Waals surface area (Å²) in [5.41, 5.74) is 0.421. The highest BCUT2D eigenvalue weighted by atomic mass is 19.1. The van der Waals surface area contributed by atoms with Gasteiger partial charge in [-0.05, 0) is 23.8 Å². The lowest BCUT2D eigenvalue weighted by atomic mass is 10.0. The van der Waals surface area contributed by atoms with Crippen molar-refractivity contribution in [1.82, 2.24) is 14.6 Å². The fourth-order valence-electron chi connectivity index (χ4n) is 2.12. The molecule has 0 aliphatic carbocycles. The molecule has 0 atom stereocenters. The Morgan fingerprint density at radius 1 is 1.38 bits per heavy atom. The largest absolute Gasteiger partial charge is 0.477 e. The van der Waals surface area contributed by atoms with Gasteiger partial charge in [0.15, 0.2) is 5.65 Å². The predicted octanol–water partition coefficient (Wildman–Crippen LogP) is 1.73. The van der Waals surface area contributed by atoms with Crippen LogP contribution in [0.3, 0.4) is 0 Å². The van der Waals surface area contributed by atoms with Gasteiger partial charge in [-0.3, -0.25) is 0 Å². The first-order chi connectivity index (χ1) is 10.1. The Kier molecular flexibility index (Phi) is 3.11. The van der Waals surface area contributed by atoms with E-state index >= 15 is 0 Å². The van der Waals surface area contributed by atoms with E-state index in [1.54, 1.807) is 6.07 Å². The van der Waals surface area contributed by atoms with E-state index in [9.17, 15) is 14.3 Å². The second-order valence-corrected chi connectivity index (χ2v) is 4.39. The summed E-state index contributed by atoms with van der Waals surface area (Å²) in [4.78, 5) is 15.4. The number of carbonyl (C=O) groups is 1. The van der Waals surface area contributed by atoms with Gasteiger partial charge in [-0.25, -0.2) is 18.7 Å². The van der Waals surface area contributed by atoms with Gasteiger partial charge in [0.05, 0.1) is 6.61 Å². The van der Waals surface area contributed by atoms with Crippen LogP contribution in [0.1, 0.15) is 15.9 Å². The van der Waals surface area contributed by atoms with E-state index in [-0.39, 0.29) is 29.1 Å². The standard InChI is InChI=1S/C14H10FN3O3/c15-10-3-2-8(7-19)6-9(10)12-11(14(20)21)13-16-4-1-5-18(13)17-12/h1-6,19H,7H2,(H,20,21).